The largest absolute Gasteiger partial charge is 0.350 e. The molecule has 0 spiro atoms. The second-order valence-electron chi connectivity index (χ2n) is 6.36. The molecule has 1 aromatic carbocycles. The Labute approximate surface area is 161 Å². The molecule has 0 aliphatic heterocycles. The van der Waals surface area contributed by atoms with Gasteiger partial charge in [-0.25, -0.2) is 4.98 Å². The van der Waals surface area contributed by atoms with Crippen LogP contribution in [0.25, 0.3) is 23.0 Å². The first kappa shape index (κ1) is 17.6. The summed E-state index contributed by atoms with van der Waals surface area (Å²) in [5, 5.41) is 6.85. The van der Waals surface area contributed by atoms with Crippen LogP contribution in [0.4, 0.5) is 0 Å². The van der Waals surface area contributed by atoms with E-state index in [0.29, 0.717) is 24.0 Å². The van der Waals surface area contributed by atoms with Crippen molar-refractivity contribution >= 4 is 5.91 Å². The normalized spacial score (nSPS) is 10.8. The highest BCUT2D eigenvalue weighted by Gasteiger charge is 2.13. The molecular weight excluding hydrogens is 356 g/mol. The van der Waals surface area contributed by atoms with Gasteiger partial charge < -0.3 is 14.4 Å². The van der Waals surface area contributed by atoms with Crippen LogP contribution >= 0.6 is 0 Å². The van der Waals surface area contributed by atoms with Crippen molar-refractivity contribution in [3.8, 4) is 23.0 Å². The first-order chi connectivity index (χ1) is 13.7. The molecular formula is C20H18N6O2. The third-order valence-corrected chi connectivity index (χ3v) is 4.13. The Kier molecular flexibility index (Phi) is 4.92. The van der Waals surface area contributed by atoms with Crippen LogP contribution in [0.5, 0.6) is 0 Å². The van der Waals surface area contributed by atoms with Gasteiger partial charge in [-0.3, -0.25) is 9.78 Å². The highest BCUT2D eigenvalue weighted by atomic mass is 16.5. The summed E-state index contributed by atoms with van der Waals surface area (Å²) in [7, 11) is 0. The molecule has 3 aromatic heterocycles. The average molecular weight is 374 g/mol. The zero-order chi connectivity index (χ0) is 19.3. The van der Waals surface area contributed by atoms with E-state index in [4.69, 9.17) is 4.52 Å². The lowest BCUT2D eigenvalue weighted by molar-refractivity contribution is -0.121. The summed E-state index contributed by atoms with van der Waals surface area (Å²) in [5.41, 5.74) is 3.51. The molecule has 140 valence electrons. The van der Waals surface area contributed by atoms with Gasteiger partial charge in [-0.05, 0) is 24.6 Å². The molecule has 8 heteroatoms. The fourth-order valence-corrected chi connectivity index (χ4v) is 2.62. The minimum atomic E-state index is -0.103. The van der Waals surface area contributed by atoms with Gasteiger partial charge in [-0.2, -0.15) is 4.98 Å². The number of amides is 1. The number of hydrogen-bond donors (Lipinski definition) is 1. The fourth-order valence-electron chi connectivity index (χ4n) is 2.62. The van der Waals surface area contributed by atoms with E-state index in [1.165, 1.54) is 5.56 Å². The van der Waals surface area contributed by atoms with E-state index < -0.39 is 0 Å². The second kappa shape index (κ2) is 7.83. The van der Waals surface area contributed by atoms with E-state index in [0.717, 1.165) is 11.1 Å². The Hall–Kier alpha value is -3.81. The zero-order valence-corrected chi connectivity index (χ0v) is 15.2. The first-order valence-corrected chi connectivity index (χ1v) is 8.76. The quantitative estimate of drug-likeness (QED) is 0.557. The summed E-state index contributed by atoms with van der Waals surface area (Å²) in [6.07, 6.45) is 6.60. The Bertz CT molecular complexity index is 1070. The minimum Gasteiger partial charge on any atom is -0.350 e. The predicted octanol–water partition coefficient (Wildman–Crippen LogP) is 2.62. The summed E-state index contributed by atoms with van der Waals surface area (Å²) in [4.78, 5) is 24.8. The van der Waals surface area contributed by atoms with Crippen LogP contribution in [-0.4, -0.2) is 30.6 Å². The Morgan fingerprint density at radius 2 is 2.07 bits per heavy atom. The smallest absolute Gasteiger partial charge is 0.259 e. The van der Waals surface area contributed by atoms with Crippen LogP contribution in [0, 0.1) is 6.92 Å². The summed E-state index contributed by atoms with van der Waals surface area (Å²) in [5.74, 6) is 0.625. The molecule has 0 fully saturated rings. The van der Waals surface area contributed by atoms with Crippen LogP contribution < -0.4 is 5.32 Å². The lowest BCUT2D eigenvalue weighted by Crippen LogP contribution is -2.26. The van der Waals surface area contributed by atoms with Crippen molar-refractivity contribution < 1.29 is 9.32 Å². The van der Waals surface area contributed by atoms with Crippen molar-refractivity contribution in [1.82, 2.24) is 30.0 Å². The SMILES string of the molecule is Cc1ccc(CNC(=O)Cn2cnc(-c3noc(-c4cccnc4)n3)c2)cc1. The second-order valence-corrected chi connectivity index (χ2v) is 6.36. The number of hydrogen-bond acceptors (Lipinski definition) is 6. The van der Waals surface area contributed by atoms with Gasteiger partial charge in [0.05, 0.1) is 11.9 Å². The van der Waals surface area contributed by atoms with Crippen LogP contribution in [0.15, 0.2) is 65.8 Å². The highest BCUT2D eigenvalue weighted by molar-refractivity contribution is 5.75. The van der Waals surface area contributed by atoms with E-state index >= 15 is 0 Å². The average Bonchev–Trinajstić information content (AvgIpc) is 3.38. The molecule has 4 aromatic rings. The highest BCUT2D eigenvalue weighted by Crippen LogP contribution is 2.20. The van der Waals surface area contributed by atoms with Crippen molar-refractivity contribution in [1.29, 1.82) is 0 Å². The number of aryl methyl sites for hydroxylation is 1. The summed E-state index contributed by atoms with van der Waals surface area (Å²) < 4.78 is 6.94. The van der Waals surface area contributed by atoms with Crippen molar-refractivity contribution in [2.24, 2.45) is 0 Å². The third-order valence-electron chi connectivity index (χ3n) is 4.13. The van der Waals surface area contributed by atoms with Crippen molar-refractivity contribution in [3.05, 3.63) is 72.4 Å². The molecule has 0 saturated heterocycles. The Balaban J connectivity index is 1.37. The number of benzene rings is 1. The molecule has 28 heavy (non-hydrogen) atoms. The van der Waals surface area contributed by atoms with Gasteiger partial charge in [0, 0.05) is 25.1 Å². The maximum Gasteiger partial charge on any atom is 0.259 e. The Morgan fingerprint density at radius 3 is 2.86 bits per heavy atom. The van der Waals surface area contributed by atoms with E-state index in [1.807, 2.05) is 37.3 Å². The van der Waals surface area contributed by atoms with Gasteiger partial charge in [0.15, 0.2) is 0 Å². The van der Waals surface area contributed by atoms with Crippen molar-refractivity contribution in [3.63, 3.8) is 0 Å². The molecule has 8 nitrogen and oxygen atoms in total. The number of pyridine rings is 1. The summed E-state index contributed by atoms with van der Waals surface area (Å²) in [6, 6.07) is 11.7. The minimum absolute atomic E-state index is 0.103. The van der Waals surface area contributed by atoms with Gasteiger partial charge in [0.2, 0.25) is 11.7 Å². The van der Waals surface area contributed by atoms with Crippen LogP contribution in [-0.2, 0) is 17.9 Å². The molecule has 0 aliphatic carbocycles. The fraction of sp³-hybridized carbons (Fsp3) is 0.150. The summed E-state index contributed by atoms with van der Waals surface area (Å²) in [6.45, 7) is 2.68. The van der Waals surface area contributed by atoms with Crippen LogP contribution in [0.2, 0.25) is 0 Å². The molecule has 4 rings (SSSR count). The van der Waals surface area contributed by atoms with Crippen molar-refractivity contribution in [2.45, 2.75) is 20.0 Å². The number of carbonyl (C=O) groups excluding carboxylic acids is 1. The molecule has 0 radical (unpaired) electrons. The third kappa shape index (κ3) is 4.12. The number of carbonyl (C=O) groups is 1. The lowest BCUT2D eigenvalue weighted by atomic mass is 10.1. The van der Waals surface area contributed by atoms with Gasteiger partial charge >= 0.3 is 0 Å². The van der Waals surface area contributed by atoms with Crippen LogP contribution in [0.3, 0.4) is 0 Å². The van der Waals surface area contributed by atoms with Gasteiger partial charge in [-0.1, -0.05) is 35.0 Å². The topological polar surface area (TPSA) is 98.7 Å². The molecule has 0 bridgehead atoms. The Morgan fingerprint density at radius 1 is 1.21 bits per heavy atom. The molecule has 1 N–H and O–H groups in total. The number of nitrogens with one attached hydrogen (secondary N) is 1. The molecule has 0 unspecified atom stereocenters. The number of nitrogens with zero attached hydrogens (tertiary/aromatic N) is 5. The molecule has 1 amide bonds. The molecule has 0 atom stereocenters. The monoisotopic (exact) mass is 374 g/mol. The van der Waals surface area contributed by atoms with E-state index in [-0.39, 0.29) is 12.5 Å². The van der Waals surface area contributed by atoms with Gasteiger partial charge in [0.1, 0.15) is 12.2 Å². The zero-order valence-electron chi connectivity index (χ0n) is 15.2. The van der Waals surface area contributed by atoms with E-state index in [9.17, 15) is 4.79 Å². The summed E-state index contributed by atoms with van der Waals surface area (Å²) >= 11 is 0. The lowest BCUT2D eigenvalue weighted by Gasteiger charge is -2.06. The first-order valence-electron chi connectivity index (χ1n) is 8.76. The number of rotatable bonds is 6. The standard InChI is InChI=1S/C20H18N6O2/c1-14-4-6-15(7-5-14)9-22-18(27)12-26-11-17(23-13-26)19-24-20(28-25-19)16-3-2-8-21-10-16/h2-8,10-11,13H,9,12H2,1H3,(H,22,27). The number of imidazole rings is 1. The molecule has 0 aliphatic rings. The van der Waals surface area contributed by atoms with E-state index in [2.05, 4.69) is 25.4 Å². The van der Waals surface area contributed by atoms with E-state index in [1.54, 1.807) is 35.6 Å². The van der Waals surface area contributed by atoms with Gasteiger partial charge in [0.25, 0.3) is 5.89 Å². The van der Waals surface area contributed by atoms with Crippen LogP contribution in [0.1, 0.15) is 11.1 Å². The maximum absolute atomic E-state index is 12.2. The van der Waals surface area contributed by atoms with Crippen molar-refractivity contribution in [2.75, 3.05) is 0 Å². The molecule has 0 saturated carbocycles. The molecule has 3 heterocycles. The maximum atomic E-state index is 12.2. The predicted molar refractivity (Wildman–Crippen MR) is 102 cm³/mol. The number of aromatic nitrogens is 5. The van der Waals surface area contributed by atoms with Gasteiger partial charge in [-0.15, -0.1) is 0 Å².